The zero-order valence-corrected chi connectivity index (χ0v) is 8.79. The van der Waals surface area contributed by atoms with E-state index in [0.29, 0.717) is 5.92 Å². The van der Waals surface area contributed by atoms with Crippen molar-refractivity contribution in [3.05, 3.63) is 23.4 Å². The summed E-state index contributed by atoms with van der Waals surface area (Å²) in [6.45, 7) is 6.51. The smallest absolute Gasteiger partial charge is 0.216 e. The first-order valence-corrected chi connectivity index (χ1v) is 4.72. The Morgan fingerprint density at radius 1 is 1.46 bits per heavy atom. The molecule has 0 fully saturated rings. The number of pyridine rings is 1. The third kappa shape index (κ3) is 2.00. The first kappa shape index (κ1) is 10.0. The van der Waals surface area contributed by atoms with E-state index in [1.807, 2.05) is 6.20 Å². The minimum atomic E-state index is 0.534. The summed E-state index contributed by atoms with van der Waals surface area (Å²) < 4.78 is 5.22. The second-order valence-corrected chi connectivity index (χ2v) is 3.40. The summed E-state index contributed by atoms with van der Waals surface area (Å²) in [7, 11) is 1.67. The summed E-state index contributed by atoms with van der Waals surface area (Å²) in [6.07, 6.45) is 2.79. The van der Waals surface area contributed by atoms with Gasteiger partial charge in [-0.05, 0) is 24.0 Å². The van der Waals surface area contributed by atoms with Crippen molar-refractivity contribution in [1.29, 1.82) is 0 Å². The molecule has 0 unspecified atom stereocenters. The van der Waals surface area contributed by atoms with Crippen molar-refractivity contribution in [3.63, 3.8) is 0 Å². The van der Waals surface area contributed by atoms with Crippen LogP contribution in [0.5, 0.6) is 5.88 Å². The van der Waals surface area contributed by atoms with E-state index in [4.69, 9.17) is 4.74 Å². The Morgan fingerprint density at radius 3 is 2.62 bits per heavy atom. The third-order valence-electron chi connectivity index (χ3n) is 2.22. The Balaban J connectivity index is 3.19. The van der Waals surface area contributed by atoms with E-state index >= 15 is 0 Å². The molecule has 0 amide bonds. The van der Waals surface area contributed by atoms with Gasteiger partial charge in [0.2, 0.25) is 5.88 Å². The minimum absolute atomic E-state index is 0.534. The maximum Gasteiger partial charge on any atom is 0.216 e. The van der Waals surface area contributed by atoms with E-state index in [1.165, 1.54) is 11.1 Å². The van der Waals surface area contributed by atoms with Crippen LogP contribution in [0, 0.1) is 0 Å². The summed E-state index contributed by atoms with van der Waals surface area (Å²) in [5.41, 5.74) is 2.58. The highest BCUT2D eigenvalue weighted by atomic mass is 16.5. The lowest BCUT2D eigenvalue weighted by atomic mass is 9.97. The Labute approximate surface area is 80.0 Å². The zero-order valence-electron chi connectivity index (χ0n) is 8.79. The van der Waals surface area contributed by atoms with E-state index < -0.39 is 0 Å². The zero-order chi connectivity index (χ0) is 9.84. The molecule has 0 saturated heterocycles. The number of methoxy groups -OCH3 is 1. The standard InChI is InChI=1S/C11H17NO/c1-5-9-10(8(2)3)6-7-12-11(9)13-4/h6-8H,5H2,1-4H3. The SMILES string of the molecule is CCc1c(C(C)C)ccnc1OC. The van der Waals surface area contributed by atoms with E-state index in [1.54, 1.807) is 7.11 Å². The highest BCUT2D eigenvalue weighted by Crippen LogP contribution is 2.25. The van der Waals surface area contributed by atoms with Gasteiger partial charge >= 0.3 is 0 Å². The van der Waals surface area contributed by atoms with Crippen molar-refractivity contribution in [2.75, 3.05) is 7.11 Å². The molecule has 0 saturated carbocycles. The lowest BCUT2D eigenvalue weighted by Crippen LogP contribution is -2.00. The second kappa shape index (κ2) is 4.26. The molecule has 0 N–H and O–H groups in total. The van der Waals surface area contributed by atoms with Crippen molar-refractivity contribution in [2.24, 2.45) is 0 Å². The molecule has 0 aliphatic carbocycles. The van der Waals surface area contributed by atoms with E-state index in [9.17, 15) is 0 Å². The predicted molar refractivity (Wildman–Crippen MR) is 54.3 cm³/mol. The van der Waals surface area contributed by atoms with Gasteiger partial charge in [0.15, 0.2) is 0 Å². The fourth-order valence-corrected chi connectivity index (χ4v) is 1.56. The molecular weight excluding hydrogens is 162 g/mol. The van der Waals surface area contributed by atoms with E-state index in [2.05, 4.69) is 31.8 Å². The van der Waals surface area contributed by atoms with Crippen molar-refractivity contribution < 1.29 is 4.74 Å². The molecule has 72 valence electrons. The van der Waals surface area contributed by atoms with Crippen molar-refractivity contribution >= 4 is 0 Å². The first-order valence-electron chi connectivity index (χ1n) is 4.72. The van der Waals surface area contributed by atoms with Crippen LogP contribution in [0.15, 0.2) is 12.3 Å². The number of hydrogen-bond donors (Lipinski definition) is 0. The minimum Gasteiger partial charge on any atom is -0.481 e. The van der Waals surface area contributed by atoms with Gasteiger partial charge in [0, 0.05) is 11.8 Å². The maximum atomic E-state index is 5.22. The largest absolute Gasteiger partial charge is 0.481 e. The average Bonchev–Trinajstić information content (AvgIpc) is 2.16. The molecule has 0 spiro atoms. The van der Waals surface area contributed by atoms with Crippen molar-refractivity contribution in [1.82, 2.24) is 4.98 Å². The Kier molecular flexibility index (Phi) is 3.29. The summed E-state index contributed by atoms with van der Waals surface area (Å²) in [6, 6.07) is 2.08. The van der Waals surface area contributed by atoms with Gasteiger partial charge in [0.1, 0.15) is 0 Å². The van der Waals surface area contributed by atoms with Crippen LogP contribution in [0.3, 0.4) is 0 Å². The summed E-state index contributed by atoms with van der Waals surface area (Å²) in [5, 5.41) is 0. The maximum absolute atomic E-state index is 5.22. The van der Waals surface area contributed by atoms with E-state index in [0.717, 1.165) is 12.3 Å². The third-order valence-corrected chi connectivity index (χ3v) is 2.22. The van der Waals surface area contributed by atoms with Crippen LogP contribution in [-0.2, 0) is 6.42 Å². The van der Waals surface area contributed by atoms with Crippen LogP contribution in [0.4, 0.5) is 0 Å². The molecule has 0 bridgehead atoms. The molecule has 1 heterocycles. The van der Waals surface area contributed by atoms with Crippen LogP contribution < -0.4 is 4.74 Å². The van der Waals surface area contributed by atoms with Gasteiger partial charge in [-0.3, -0.25) is 0 Å². The number of aromatic nitrogens is 1. The molecule has 13 heavy (non-hydrogen) atoms. The van der Waals surface area contributed by atoms with Gasteiger partial charge in [0.25, 0.3) is 0 Å². The fraction of sp³-hybridized carbons (Fsp3) is 0.545. The van der Waals surface area contributed by atoms with Crippen LogP contribution in [0.25, 0.3) is 0 Å². The average molecular weight is 179 g/mol. The normalized spacial score (nSPS) is 10.5. The van der Waals surface area contributed by atoms with Crippen LogP contribution in [0.2, 0.25) is 0 Å². The van der Waals surface area contributed by atoms with Crippen LogP contribution in [0.1, 0.15) is 37.8 Å². The molecule has 1 aromatic rings. The quantitative estimate of drug-likeness (QED) is 0.711. The van der Waals surface area contributed by atoms with Gasteiger partial charge in [-0.2, -0.15) is 0 Å². The molecule has 2 nitrogen and oxygen atoms in total. The highest BCUT2D eigenvalue weighted by molar-refractivity contribution is 5.36. The Bertz CT molecular complexity index is 281. The number of ether oxygens (including phenoxy) is 1. The lowest BCUT2D eigenvalue weighted by Gasteiger charge is -2.13. The molecule has 0 aliphatic rings. The molecule has 0 atom stereocenters. The molecule has 1 rings (SSSR count). The van der Waals surface area contributed by atoms with Crippen LogP contribution >= 0.6 is 0 Å². The first-order chi connectivity index (χ1) is 6.20. The van der Waals surface area contributed by atoms with Crippen LogP contribution in [-0.4, -0.2) is 12.1 Å². The highest BCUT2D eigenvalue weighted by Gasteiger charge is 2.10. The van der Waals surface area contributed by atoms with Crippen molar-refractivity contribution in [3.8, 4) is 5.88 Å². The van der Waals surface area contributed by atoms with Gasteiger partial charge in [-0.15, -0.1) is 0 Å². The number of nitrogens with zero attached hydrogens (tertiary/aromatic N) is 1. The molecule has 0 aromatic carbocycles. The lowest BCUT2D eigenvalue weighted by molar-refractivity contribution is 0.391. The molecule has 1 aromatic heterocycles. The topological polar surface area (TPSA) is 22.1 Å². The van der Waals surface area contributed by atoms with Gasteiger partial charge < -0.3 is 4.74 Å². The van der Waals surface area contributed by atoms with Gasteiger partial charge in [-0.25, -0.2) is 4.98 Å². The number of hydrogen-bond acceptors (Lipinski definition) is 2. The summed E-state index contributed by atoms with van der Waals surface area (Å²) >= 11 is 0. The molecule has 0 aliphatic heterocycles. The monoisotopic (exact) mass is 179 g/mol. The number of rotatable bonds is 3. The predicted octanol–water partition coefficient (Wildman–Crippen LogP) is 2.78. The molecule has 0 radical (unpaired) electrons. The Morgan fingerprint density at radius 2 is 2.15 bits per heavy atom. The van der Waals surface area contributed by atoms with E-state index in [-0.39, 0.29) is 0 Å². The van der Waals surface area contributed by atoms with Gasteiger partial charge in [-0.1, -0.05) is 20.8 Å². The summed E-state index contributed by atoms with van der Waals surface area (Å²) in [4.78, 5) is 4.19. The summed E-state index contributed by atoms with van der Waals surface area (Å²) in [5.74, 6) is 1.31. The fourth-order valence-electron chi connectivity index (χ4n) is 1.56. The molecular formula is C11H17NO. The molecule has 2 heteroatoms. The van der Waals surface area contributed by atoms with Gasteiger partial charge in [0.05, 0.1) is 7.11 Å². The Hall–Kier alpha value is -1.05. The van der Waals surface area contributed by atoms with Crippen molar-refractivity contribution in [2.45, 2.75) is 33.1 Å². The second-order valence-electron chi connectivity index (χ2n) is 3.40.